The van der Waals surface area contributed by atoms with Gasteiger partial charge in [-0.15, -0.1) is 0 Å². The van der Waals surface area contributed by atoms with E-state index in [2.05, 4.69) is 19.9 Å². The summed E-state index contributed by atoms with van der Waals surface area (Å²) in [6.45, 7) is 0.666. The fraction of sp³-hybridized carbons (Fsp3) is 0.148. The van der Waals surface area contributed by atoms with Gasteiger partial charge in [0.1, 0.15) is 29.4 Å². The van der Waals surface area contributed by atoms with E-state index < -0.39 is 0 Å². The van der Waals surface area contributed by atoms with Crippen molar-refractivity contribution in [3.63, 3.8) is 0 Å². The van der Waals surface area contributed by atoms with Crippen LogP contribution in [0.5, 0.6) is 11.5 Å². The maximum Gasteiger partial charge on any atom is 0.232 e. The Balaban J connectivity index is 1.70. The summed E-state index contributed by atoms with van der Waals surface area (Å²) in [6.07, 6.45) is 5.13. The second-order valence-electron chi connectivity index (χ2n) is 7.85. The van der Waals surface area contributed by atoms with E-state index in [0.29, 0.717) is 12.3 Å². The molecule has 0 spiro atoms. The van der Waals surface area contributed by atoms with E-state index in [1.165, 1.54) is 0 Å². The number of hydrogen-bond donors (Lipinski definition) is 0. The van der Waals surface area contributed by atoms with E-state index in [4.69, 9.17) is 13.9 Å². The summed E-state index contributed by atoms with van der Waals surface area (Å²) in [5.74, 6) is 3.08. The monoisotopic (exact) mass is 452 g/mol. The van der Waals surface area contributed by atoms with Crippen molar-refractivity contribution in [2.45, 2.75) is 6.54 Å². The highest BCUT2D eigenvalue weighted by molar-refractivity contribution is 6.06. The van der Waals surface area contributed by atoms with Crippen molar-refractivity contribution >= 4 is 16.9 Å². The third-order valence-electron chi connectivity index (χ3n) is 5.73. The Morgan fingerprint density at radius 2 is 1.41 bits per heavy atom. The van der Waals surface area contributed by atoms with Crippen molar-refractivity contribution in [2.75, 3.05) is 26.2 Å². The van der Waals surface area contributed by atoms with Gasteiger partial charge in [0.25, 0.3) is 0 Å². The van der Waals surface area contributed by atoms with Crippen LogP contribution in [0.4, 0.5) is 5.82 Å². The van der Waals surface area contributed by atoms with Crippen LogP contribution in [0, 0.1) is 0 Å². The number of anilines is 1. The summed E-state index contributed by atoms with van der Waals surface area (Å²) in [5.41, 5.74) is 4.50. The molecule has 0 saturated heterocycles. The minimum Gasteiger partial charge on any atom is -0.497 e. The van der Waals surface area contributed by atoms with Gasteiger partial charge in [-0.1, -0.05) is 12.1 Å². The number of nitrogens with zero attached hydrogens (tertiary/aromatic N) is 4. The highest BCUT2D eigenvalue weighted by atomic mass is 16.5. The van der Waals surface area contributed by atoms with Gasteiger partial charge in [0.2, 0.25) is 5.71 Å². The summed E-state index contributed by atoms with van der Waals surface area (Å²) in [4.78, 5) is 15.3. The predicted octanol–water partition coefficient (Wildman–Crippen LogP) is 5.61. The van der Waals surface area contributed by atoms with E-state index >= 15 is 0 Å². The van der Waals surface area contributed by atoms with Crippen molar-refractivity contribution in [2.24, 2.45) is 0 Å². The van der Waals surface area contributed by atoms with Crippen molar-refractivity contribution in [3.05, 3.63) is 84.9 Å². The molecule has 0 bridgehead atoms. The molecule has 0 aliphatic rings. The van der Waals surface area contributed by atoms with E-state index in [9.17, 15) is 0 Å². The average molecular weight is 453 g/mol. The molecule has 0 unspecified atom stereocenters. The molecule has 34 heavy (non-hydrogen) atoms. The van der Waals surface area contributed by atoms with Crippen molar-refractivity contribution < 1.29 is 13.9 Å². The molecule has 0 aliphatic heterocycles. The lowest BCUT2D eigenvalue weighted by atomic mass is 9.99. The molecule has 7 nitrogen and oxygen atoms in total. The number of furan rings is 1. The largest absolute Gasteiger partial charge is 0.497 e. The molecular formula is C27H24N4O3. The quantitative estimate of drug-likeness (QED) is 0.318. The Morgan fingerprint density at radius 1 is 0.794 bits per heavy atom. The van der Waals surface area contributed by atoms with Gasteiger partial charge in [0.15, 0.2) is 0 Å². The predicted molar refractivity (Wildman–Crippen MR) is 132 cm³/mol. The number of rotatable bonds is 7. The number of benzene rings is 2. The number of methoxy groups -OCH3 is 2. The fourth-order valence-electron chi connectivity index (χ4n) is 4.02. The Bertz CT molecular complexity index is 1400. The van der Waals surface area contributed by atoms with Crippen LogP contribution in [0.25, 0.3) is 33.6 Å². The van der Waals surface area contributed by atoms with E-state index in [1.807, 2.05) is 67.7 Å². The summed E-state index contributed by atoms with van der Waals surface area (Å²) < 4.78 is 17.1. The zero-order chi connectivity index (χ0) is 23.5. The molecule has 3 aromatic heterocycles. The summed E-state index contributed by atoms with van der Waals surface area (Å²) in [6, 6.07) is 19.7. The first-order valence-electron chi connectivity index (χ1n) is 10.8. The fourth-order valence-corrected chi connectivity index (χ4v) is 4.02. The van der Waals surface area contributed by atoms with Crippen LogP contribution in [-0.2, 0) is 6.54 Å². The zero-order valence-corrected chi connectivity index (χ0v) is 19.2. The molecule has 0 aliphatic carbocycles. The first-order valence-corrected chi connectivity index (χ1v) is 10.8. The van der Waals surface area contributed by atoms with Gasteiger partial charge in [-0.25, -0.2) is 9.97 Å². The molecule has 0 fully saturated rings. The van der Waals surface area contributed by atoms with Gasteiger partial charge in [-0.05, 0) is 59.7 Å². The molecule has 0 amide bonds. The molecule has 0 N–H and O–H groups in total. The highest BCUT2D eigenvalue weighted by Crippen LogP contribution is 2.44. The smallest absolute Gasteiger partial charge is 0.232 e. The van der Waals surface area contributed by atoms with Crippen molar-refractivity contribution in [1.82, 2.24) is 15.0 Å². The van der Waals surface area contributed by atoms with Gasteiger partial charge in [0, 0.05) is 37.1 Å². The summed E-state index contributed by atoms with van der Waals surface area (Å²) >= 11 is 0. The number of ether oxygens (including phenoxy) is 2. The van der Waals surface area contributed by atoms with Crippen LogP contribution >= 0.6 is 0 Å². The number of hydrogen-bond acceptors (Lipinski definition) is 7. The van der Waals surface area contributed by atoms with Crippen LogP contribution in [0.3, 0.4) is 0 Å². The van der Waals surface area contributed by atoms with Gasteiger partial charge in [-0.3, -0.25) is 4.98 Å². The summed E-state index contributed by atoms with van der Waals surface area (Å²) in [7, 11) is 5.32. The van der Waals surface area contributed by atoms with Crippen LogP contribution in [0.1, 0.15) is 5.56 Å². The minimum atomic E-state index is 0.531. The Kier molecular flexibility index (Phi) is 5.82. The lowest BCUT2D eigenvalue weighted by Gasteiger charge is -2.19. The third kappa shape index (κ3) is 4.03. The molecule has 3 heterocycles. The Morgan fingerprint density at radius 3 is 2.03 bits per heavy atom. The number of fused-ring (bicyclic) bond motifs is 1. The minimum absolute atomic E-state index is 0.531. The molecule has 2 aromatic carbocycles. The first-order chi connectivity index (χ1) is 16.7. The molecular weight excluding hydrogens is 428 g/mol. The molecule has 0 saturated carbocycles. The molecule has 5 aromatic rings. The van der Waals surface area contributed by atoms with E-state index in [1.54, 1.807) is 32.9 Å². The van der Waals surface area contributed by atoms with Crippen molar-refractivity contribution in [3.8, 4) is 33.9 Å². The number of pyridine rings is 1. The van der Waals surface area contributed by atoms with Crippen LogP contribution in [0.15, 0.2) is 83.8 Å². The molecule has 7 heteroatoms. The highest BCUT2D eigenvalue weighted by Gasteiger charge is 2.24. The van der Waals surface area contributed by atoms with Gasteiger partial charge < -0.3 is 18.8 Å². The SMILES string of the molecule is COc1ccc(-c2oc3ncnc(N(C)Cc4ccncc4)c3c2-c2ccc(OC)cc2)cc1. The summed E-state index contributed by atoms with van der Waals surface area (Å²) in [5, 5.41) is 0.857. The van der Waals surface area contributed by atoms with Gasteiger partial charge in [0.05, 0.1) is 19.6 Å². The maximum absolute atomic E-state index is 6.35. The number of aromatic nitrogens is 3. The Hall–Kier alpha value is -4.39. The van der Waals surface area contributed by atoms with Crippen LogP contribution < -0.4 is 14.4 Å². The molecule has 5 rings (SSSR count). The Labute approximate surface area is 197 Å². The van der Waals surface area contributed by atoms with E-state index in [-0.39, 0.29) is 0 Å². The van der Waals surface area contributed by atoms with Crippen molar-refractivity contribution in [1.29, 1.82) is 0 Å². The molecule has 0 radical (unpaired) electrons. The van der Waals surface area contributed by atoms with Gasteiger partial charge >= 0.3 is 0 Å². The second-order valence-corrected chi connectivity index (χ2v) is 7.85. The standard InChI is InChI=1S/C27H24N4O3/c1-31(16-18-12-14-28-15-13-18)26-24-23(19-4-8-21(32-2)9-5-19)25(34-27(24)30-17-29-26)20-6-10-22(33-3)11-7-20/h4-15,17H,16H2,1-3H3. The third-order valence-corrected chi connectivity index (χ3v) is 5.73. The topological polar surface area (TPSA) is 73.5 Å². The normalized spacial score (nSPS) is 10.9. The average Bonchev–Trinajstić information content (AvgIpc) is 3.29. The maximum atomic E-state index is 6.35. The van der Waals surface area contributed by atoms with E-state index in [0.717, 1.165) is 50.7 Å². The molecule has 170 valence electrons. The first kappa shape index (κ1) is 21.5. The lowest BCUT2D eigenvalue weighted by molar-refractivity contribution is 0.414. The van der Waals surface area contributed by atoms with Crippen LogP contribution in [-0.4, -0.2) is 36.2 Å². The lowest BCUT2D eigenvalue weighted by Crippen LogP contribution is -2.18. The van der Waals surface area contributed by atoms with Gasteiger partial charge in [-0.2, -0.15) is 0 Å². The zero-order valence-electron chi connectivity index (χ0n) is 19.2. The second kappa shape index (κ2) is 9.23. The van der Waals surface area contributed by atoms with Crippen LogP contribution in [0.2, 0.25) is 0 Å². The molecule has 0 atom stereocenters.